The van der Waals surface area contributed by atoms with Crippen molar-refractivity contribution in [2.45, 2.75) is 19.5 Å². The van der Waals surface area contributed by atoms with Gasteiger partial charge < -0.3 is 15.4 Å². The molecule has 0 radical (unpaired) electrons. The highest BCUT2D eigenvalue weighted by atomic mass is 19.1. The maximum atomic E-state index is 13.5. The van der Waals surface area contributed by atoms with Crippen LogP contribution >= 0.6 is 0 Å². The van der Waals surface area contributed by atoms with Crippen LogP contribution < -0.4 is 15.4 Å². The van der Waals surface area contributed by atoms with Crippen molar-refractivity contribution in [1.82, 2.24) is 15.1 Å². The van der Waals surface area contributed by atoms with Crippen molar-refractivity contribution in [3.63, 3.8) is 0 Å². The number of fused-ring (bicyclic) bond motifs is 1. The van der Waals surface area contributed by atoms with E-state index in [0.29, 0.717) is 11.7 Å². The average Bonchev–Trinajstić information content (AvgIpc) is 3.00. The first-order valence-electron chi connectivity index (χ1n) is 7.50. The van der Waals surface area contributed by atoms with Crippen molar-refractivity contribution in [1.29, 1.82) is 0 Å². The molecular weight excluding hydrogens is 283 g/mol. The van der Waals surface area contributed by atoms with Gasteiger partial charge in [0.05, 0.1) is 13.3 Å². The number of halogens is 1. The van der Waals surface area contributed by atoms with Crippen molar-refractivity contribution in [3.8, 4) is 5.75 Å². The fourth-order valence-corrected chi connectivity index (χ4v) is 2.82. The lowest BCUT2D eigenvalue weighted by atomic mass is 10.0. The highest BCUT2D eigenvalue weighted by Crippen LogP contribution is 2.26. The first kappa shape index (κ1) is 14.8. The van der Waals surface area contributed by atoms with E-state index in [-0.39, 0.29) is 11.9 Å². The number of nitrogens with zero attached hydrogens (tertiary/aromatic N) is 2. The van der Waals surface area contributed by atoms with Gasteiger partial charge in [0.15, 0.2) is 0 Å². The zero-order chi connectivity index (χ0) is 15.5. The minimum atomic E-state index is -0.245. The zero-order valence-electron chi connectivity index (χ0n) is 12.8. The zero-order valence-corrected chi connectivity index (χ0v) is 12.8. The van der Waals surface area contributed by atoms with Gasteiger partial charge in [0.1, 0.15) is 17.4 Å². The molecule has 2 atom stereocenters. The summed E-state index contributed by atoms with van der Waals surface area (Å²) in [6.45, 7) is 4.64. The van der Waals surface area contributed by atoms with Crippen LogP contribution in [0.25, 0.3) is 0 Å². The van der Waals surface area contributed by atoms with Crippen molar-refractivity contribution in [2.75, 3.05) is 25.5 Å². The van der Waals surface area contributed by atoms with E-state index in [1.165, 1.54) is 12.1 Å². The molecule has 0 bridgehead atoms. The number of methoxy groups -OCH3 is 1. The normalized spacial score (nSPS) is 18.4. The molecule has 2 aromatic rings. The molecular formula is C16H21FN4O. The molecule has 5 nitrogen and oxygen atoms in total. The Balaban J connectivity index is 1.61. The Kier molecular flexibility index (Phi) is 4.29. The minimum absolute atomic E-state index is 0.0182. The fraction of sp³-hybridized carbons (Fsp3) is 0.438. The molecule has 0 unspecified atom stereocenters. The van der Waals surface area contributed by atoms with Gasteiger partial charge in [0, 0.05) is 43.2 Å². The standard InChI is InChI=1S/C16H21FN4O/c1-11(14-7-13(17)3-4-15(14)22-2)18-8-12-9-19-16-5-6-20-21(16)10-12/h3-7,11-12,18-19H,8-10H2,1-2H3/t11-,12-/m0/s1. The van der Waals surface area contributed by atoms with E-state index in [1.54, 1.807) is 19.4 Å². The summed E-state index contributed by atoms with van der Waals surface area (Å²) in [4.78, 5) is 0. The molecule has 0 aliphatic carbocycles. The van der Waals surface area contributed by atoms with Crippen molar-refractivity contribution < 1.29 is 9.13 Å². The van der Waals surface area contributed by atoms with E-state index < -0.39 is 0 Å². The van der Waals surface area contributed by atoms with E-state index in [9.17, 15) is 4.39 Å². The van der Waals surface area contributed by atoms with Crippen LogP contribution in [0, 0.1) is 11.7 Å². The third kappa shape index (κ3) is 3.06. The molecule has 2 N–H and O–H groups in total. The summed E-state index contributed by atoms with van der Waals surface area (Å²) in [5.74, 6) is 1.97. The molecule has 0 amide bonds. The predicted octanol–water partition coefficient (Wildman–Crippen LogP) is 2.42. The molecule has 1 aromatic carbocycles. The number of rotatable bonds is 5. The third-order valence-corrected chi connectivity index (χ3v) is 4.09. The van der Waals surface area contributed by atoms with Gasteiger partial charge in [0.25, 0.3) is 0 Å². The Morgan fingerprint density at radius 1 is 1.50 bits per heavy atom. The number of anilines is 1. The molecule has 22 heavy (non-hydrogen) atoms. The second-order valence-corrected chi connectivity index (χ2v) is 5.66. The Morgan fingerprint density at radius 3 is 3.18 bits per heavy atom. The quantitative estimate of drug-likeness (QED) is 0.891. The fourth-order valence-electron chi connectivity index (χ4n) is 2.82. The maximum Gasteiger partial charge on any atom is 0.124 e. The van der Waals surface area contributed by atoms with Gasteiger partial charge in [0.2, 0.25) is 0 Å². The van der Waals surface area contributed by atoms with Crippen molar-refractivity contribution in [2.24, 2.45) is 5.92 Å². The number of aromatic nitrogens is 2. The molecule has 0 fully saturated rings. The molecule has 0 saturated carbocycles. The highest BCUT2D eigenvalue weighted by Gasteiger charge is 2.20. The van der Waals surface area contributed by atoms with Gasteiger partial charge in [-0.15, -0.1) is 0 Å². The molecule has 2 heterocycles. The largest absolute Gasteiger partial charge is 0.496 e. The van der Waals surface area contributed by atoms with Gasteiger partial charge in [-0.25, -0.2) is 9.07 Å². The molecule has 3 rings (SSSR count). The SMILES string of the molecule is COc1ccc(F)cc1[C@H](C)NC[C@H]1CNc2ccnn2C1. The van der Waals surface area contributed by atoms with E-state index in [1.807, 2.05) is 17.7 Å². The smallest absolute Gasteiger partial charge is 0.124 e. The van der Waals surface area contributed by atoms with Crippen LogP contribution in [0.5, 0.6) is 5.75 Å². The molecule has 1 aromatic heterocycles. The summed E-state index contributed by atoms with van der Waals surface area (Å²) in [5, 5.41) is 11.1. The van der Waals surface area contributed by atoms with Crippen LogP contribution in [0.15, 0.2) is 30.5 Å². The van der Waals surface area contributed by atoms with Crippen molar-refractivity contribution >= 4 is 5.82 Å². The summed E-state index contributed by atoms with van der Waals surface area (Å²) < 4.78 is 20.8. The molecule has 1 aliphatic rings. The molecule has 0 spiro atoms. The lowest BCUT2D eigenvalue weighted by Gasteiger charge is -2.27. The molecule has 118 valence electrons. The Bertz CT molecular complexity index is 643. The van der Waals surface area contributed by atoms with E-state index in [2.05, 4.69) is 15.7 Å². The summed E-state index contributed by atoms with van der Waals surface area (Å²) in [6, 6.07) is 6.61. The summed E-state index contributed by atoms with van der Waals surface area (Å²) >= 11 is 0. The van der Waals surface area contributed by atoms with Crippen LogP contribution in [0.2, 0.25) is 0 Å². The number of hydrogen-bond acceptors (Lipinski definition) is 4. The van der Waals surface area contributed by atoms with Crippen LogP contribution in [0.4, 0.5) is 10.2 Å². The maximum absolute atomic E-state index is 13.5. The van der Waals surface area contributed by atoms with Gasteiger partial charge in [-0.2, -0.15) is 5.10 Å². The average molecular weight is 304 g/mol. The van der Waals surface area contributed by atoms with E-state index in [0.717, 1.165) is 31.0 Å². The second kappa shape index (κ2) is 6.36. The highest BCUT2D eigenvalue weighted by molar-refractivity contribution is 5.37. The first-order chi connectivity index (χ1) is 10.7. The van der Waals surface area contributed by atoms with Crippen LogP contribution in [-0.4, -0.2) is 30.0 Å². The number of benzene rings is 1. The predicted molar refractivity (Wildman–Crippen MR) is 83.6 cm³/mol. The minimum Gasteiger partial charge on any atom is -0.496 e. The lowest BCUT2D eigenvalue weighted by Crippen LogP contribution is -2.36. The summed E-state index contributed by atoms with van der Waals surface area (Å²) in [6.07, 6.45) is 1.80. The first-order valence-corrected chi connectivity index (χ1v) is 7.50. The Morgan fingerprint density at radius 2 is 2.36 bits per heavy atom. The summed E-state index contributed by atoms with van der Waals surface area (Å²) in [7, 11) is 1.60. The third-order valence-electron chi connectivity index (χ3n) is 4.09. The van der Waals surface area contributed by atoms with Gasteiger partial charge in [-0.05, 0) is 25.1 Å². The van der Waals surface area contributed by atoms with Gasteiger partial charge in [-0.3, -0.25) is 0 Å². The van der Waals surface area contributed by atoms with E-state index >= 15 is 0 Å². The Labute approximate surface area is 129 Å². The Hall–Kier alpha value is -2.08. The lowest BCUT2D eigenvalue weighted by molar-refractivity contribution is 0.366. The summed E-state index contributed by atoms with van der Waals surface area (Å²) in [5.41, 5.74) is 0.839. The topological polar surface area (TPSA) is 51.1 Å². The van der Waals surface area contributed by atoms with Crippen LogP contribution in [0.3, 0.4) is 0 Å². The van der Waals surface area contributed by atoms with Crippen LogP contribution in [0.1, 0.15) is 18.5 Å². The van der Waals surface area contributed by atoms with Gasteiger partial charge in [-0.1, -0.05) is 0 Å². The van der Waals surface area contributed by atoms with E-state index in [4.69, 9.17) is 4.74 Å². The molecule has 0 saturated heterocycles. The van der Waals surface area contributed by atoms with Crippen LogP contribution in [-0.2, 0) is 6.54 Å². The van der Waals surface area contributed by atoms with Crippen molar-refractivity contribution in [3.05, 3.63) is 41.8 Å². The molecule has 1 aliphatic heterocycles. The number of ether oxygens (including phenoxy) is 1. The van der Waals surface area contributed by atoms with Gasteiger partial charge >= 0.3 is 0 Å². The molecule has 6 heteroatoms. The number of nitrogens with one attached hydrogen (secondary N) is 2. The second-order valence-electron chi connectivity index (χ2n) is 5.66. The number of hydrogen-bond donors (Lipinski definition) is 2. The monoisotopic (exact) mass is 304 g/mol.